The van der Waals surface area contributed by atoms with Gasteiger partial charge in [0.15, 0.2) is 0 Å². The molecular weight excluding hydrogens is 254 g/mol. The number of nitrogens with one attached hydrogen (secondary N) is 2. The lowest BCUT2D eigenvalue weighted by Gasteiger charge is -2.21. The minimum absolute atomic E-state index is 0.119. The maximum atomic E-state index is 11.9. The third-order valence-electron chi connectivity index (χ3n) is 3.28. The summed E-state index contributed by atoms with van der Waals surface area (Å²) < 4.78 is 0. The van der Waals surface area contributed by atoms with E-state index in [9.17, 15) is 9.90 Å². The van der Waals surface area contributed by atoms with Crippen LogP contribution in [0.5, 0.6) is 0 Å². The molecule has 0 spiro atoms. The lowest BCUT2D eigenvalue weighted by molar-refractivity contribution is 0.126. The van der Waals surface area contributed by atoms with Crippen molar-refractivity contribution in [1.82, 2.24) is 5.32 Å². The van der Waals surface area contributed by atoms with Crippen molar-refractivity contribution in [3.8, 4) is 0 Å². The summed E-state index contributed by atoms with van der Waals surface area (Å²) in [4.78, 5) is 13.9. The Balaban J connectivity index is 2.62. The summed E-state index contributed by atoms with van der Waals surface area (Å²) in [5.74, 6) is 0.119. The Kier molecular flexibility index (Phi) is 6.31. The van der Waals surface area contributed by atoms with Gasteiger partial charge in [-0.05, 0) is 25.0 Å². The van der Waals surface area contributed by atoms with Crippen molar-refractivity contribution in [2.45, 2.75) is 26.9 Å². The second-order valence-electron chi connectivity index (χ2n) is 5.18. The van der Waals surface area contributed by atoms with Crippen molar-refractivity contribution in [2.75, 3.05) is 30.4 Å². The van der Waals surface area contributed by atoms with Crippen LogP contribution in [0.3, 0.4) is 0 Å². The second kappa shape index (κ2) is 7.75. The lowest BCUT2D eigenvalue weighted by atomic mass is 10.1. The third kappa shape index (κ3) is 4.74. The molecule has 0 bridgehead atoms. The molecule has 1 rings (SSSR count). The number of aliphatic hydroxyl groups is 1. The number of para-hydroxylation sites is 2. The fourth-order valence-corrected chi connectivity index (χ4v) is 1.68. The van der Waals surface area contributed by atoms with E-state index >= 15 is 0 Å². The predicted octanol–water partition coefficient (Wildman–Crippen LogP) is 2.28. The minimum Gasteiger partial charge on any atom is -0.391 e. The van der Waals surface area contributed by atoms with E-state index in [0.29, 0.717) is 0 Å². The van der Waals surface area contributed by atoms with Crippen LogP contribution in [0.25, 0.3) is 0 Å². The Morgan fingerprint density at radius 3 is 2.60 bits per heavy atom. The Morgan fingerprint density at radius 2 is 2.00 bits per heavy atom. The molecule has 0 aromatic heterocycles. The Morgan fingerprint density at radius 1 is 1.35 bits per heavy atom. The SMILES string of the molecule is CCN(C)c1ccccc1NC(=O)NCC(O)C(C)C. The monoisotopic (exact) mass is 279 g/mol. The highest BCUT2D eigenvalue weighted by atomic mass is 16.3. The highest BCUT2D eigenvalue weighted by Gasteiger charge is 2.12. The molecule has 0 radical (unpaired) electrons. The Labute approximate surface area is 121 Å². The Bertz CT molecular complexity index is 435. The molecule has 3 N–H and O–H groups in total. The van der Waals surface area contributed by atoms with Crippen LogP contribution in [-0.4, -0.2) is 37.4 Å². The van der Waals surface area contributed by atoms with Crippen LogP contribution >= 0.6 is 0 Å². The topological polar surface area (TPSA) is 64.6 Å². The van der Waals surface area contributed by atoms with Gasteiger partial charge in [0.1, 0.15) is 0 Å². The van der Waals surface area contributed by atoms with Gasteiger partial charge in [-0.2, -0.15) is 0 Å². The number of carbonyl (C=O) groups is 1. The van der Waals surface area contributed by atoms with Crippen LogP contribution in [0.1, 0.15) is 20.8 Å². The van der Waals surface area contributed by atoms with Gasteiger partial charge in [0, 0.05) is 20.1 Å². The van der Waals surface area contributed by atoms with Gasteiger partial charge in [-0.15, -0.1) is 0 Å². The average Bonchev–Trinajstić information content (AvgIpc) is 2.44. The standard InChI is InChI=1S/C15H25N3O2/c1-5-18(4)13-9-7-6-8-12(13)17-15(20)16-10-14(19)11(2)3/h6-9,11,14,19H,5,10H2,1-4H3,(H2,16,17,20). The number of carbonyl (C=O) groups excluding carboxylic acids is 1. The number of hydrogen-bond acceptors (Lipinski definition) is 3. The molecule has 20 heavy (non-hydrogen) atoms. The van der Waals surface area contributed by atoms with Crippen LogP contribution < -0.4 is 15.5 Å². The number of hydrogen-bond donors (Lipinski definition) is 3. The van der Waals surface area contributed by atoms with Crippen molar-refractivity contribution >= 4 is 17.4 Å². The molecule has 1 unspecified atom stereocenters. The first-order valence-electron chi connectivity index (χ1n) is 6.98. The van der Waals surface area contributed by atoms with Gasteiger partial charge in [-0.3, -0.25) is 0 Å². The number of anilines is 2. The van der Waals surface area contributed by atoms with Crippen molar-refractivity contribution in [3.05, 3.63) is 24.3 Å². The molecule has 0 aliphatic rings. The average molecular weight is 279 g/mol. The molecule has 0 fully saturated rings. The minimum atomic E-state index is -0.533. The highest BCUT2D eigenvalue weighted by Crippen LogP contribution is 2.24. The maximum Gasteiger partial charge on any atom is 0.319 e. The largest absolute Gasteiger partial charge is 0.391 e. The van der Waals surface area contributed by atoms with E-state index < -0.39 is 6.10 Å². The molecule has 112 valence electrons. The smallest absolute Gasteiger partial charge is 0.319 e. The highest BCUT2D eigenvalue weighted by molar-refractivity contribution is 5.93. The quantitative estimate of drug-likeness (QED) is 0.748. The first-order valence-corrected chi connectivity index (χ1v) is 6.98. The van der Waals surface area contributed by atoms with E-state index in [0.717, 1.165) is 17.9 Å². The van der Waals surface area contributed by atoms with Gasteiger partial charge in [-0.1, -0.05) is 26.0 Å². The maximum absolute atomic E-state index is 11.9. The number of rotatable bonds is 6. The zero-order chi connectivity index (χ0) is 15.1. The zero-order valence-corrected chi connectivity index (χ0v) is 12.7. The van der Waals surface area contributed by atoms with Gasteiger partial charge in [-0.25, -0.2) is 4.79 Å². The van der Waals surface area contributed by atoms with Crippen molar-refractivity contribution in [3.63, 3.8) is 0 Å². The summed E-state index contributed by atoms with van der Waals surface area (Å²) in [7, 11) is 1.97. The number of urea groups is 1. The fourth-order valence-electron chi connectivity index (χ4n) is 1.68. The molecule has 5 nitrogen and oxygen atoms in total. The third-order valence-corrected chi connectivity index (χ3v) is 3.28. The summed E-state index contributed by atoms with van der Waals surface area (Å²) in [6, 6.07) is 7.34. The molecule has 0 aliphatic carbocycles. The van der Waals surface area contributed by atoms with Crippen LogP contribution in [0.15, 0.2) is 24.3 Å². The van der Waals surface area contributed by atoms with E-state index in [1.807, 2.05) is 45.2 Å². The van der Waals surface area contributed by atoms with Gasteiger partial charge in [0.05, 0.1) is 17.5 Å². The van der Waals surface area contributed by atoms with Crippen LogP contribution in [-0.2, 0) is 0 Å². The van der Waals surface area contributed by atoms with E-state index in [1.54, 1.807) is 0 Å². The van der Waals surface area contributed by atoms with Gasteiger partial charge >= 0.3 is 6.03 Å². The lowest BCUT2D eigenvalue weighted by Crippen LogP contribution is -2.37. The van der Waals surface area contributed by atoms with E-state index in [-0.39, 0.29) is 18.5 Å². The van der Waals surface area contributed by atoms with Crippen molar-refractivity contribution in [1.29, 1.82) is 0 Å². The number of amides is 2. The first-order chi connectivity index (χ1) is 9.45. The summed E-state index contributed by atoms with van der Waals surface area (Å²) in [6.45, 7) is 6.98. The molecule has 0 saturated carbocycles. The predicted molar refractivity (Wildman–Crippen MR) is 83.3 cm³/mol. The van der Waals surface area contributed by atoms with Crippen LogP contribution in [0.4, 0.5) is 16.2 Å². The van der Waals surface area contributed by atoms with E-state index in [2.05, 4.69) is 22.5 Å². The van der Waals surface area contributed by atoms with Gasteiger partial charge < -0.3 is 20.6 Å². The number of benzene rings is 1. The summed E-state index contributed by atoms with van der Waals surface area (Å²) in [5, 5.41) is 15.2. The molecule has 0 heterocycles. The normalized spacial score (nSPS) is 12.1. The van der Waals surface area contributed by atoms with E-state index in [4.69, 9.17) is 0 Å². The molecule has 1 aromatic carbocycles. The summed E-state index contributed by atoms with van der Waals surface area (Å²) >= 11 is 0. The van der Waals surface area contributed by atoms with Crippen molar-refractivity contribution < 1.29 is 9.90 Å². The van der Waals surface area contributed by atoms with Gasteiger partial charge in [0.25, 0.3) is 0 Å². The Hall–Kier alpha value is -1.75. The molecule has 1 atom stereocenters. The van der Waals surface area contributed by atoms with Crippen LogP contribution in [0.2, 0.25) is 0 Å². The number of nitrogens with zero attached hydrogens (tertiary/aromatic N) is 1. The molecule has 0 saturated heterocycles. The molecular formula is C15H25N3O2. The second-order valence-corrected chi connectivity index (χ2v) is 5.18. The molecule has 1 aromatic rings. The van der Waals surface area contributed by atoms with Gasteiger partial charge in [0.2, 0.25) is 0 Å². The fraction of sp³-hybridized carbons (Fsp3) is 0.533. The van der Waals surface area contributed by atoms with Crippen molar-refractivity contribution in [2.24, 2.45) is 5.92 Å². The molecule has 0 aliphatic heterocycles. The first kappa shape index (κ1) is 16.3. The zero-order valence-electron chi connectivity index (χ0n) is 12.7. The molecule has 5 heteroatoms. The summed E-state index contributed by atoms with van der Waals surface area (Å²) in [6.07, 6.45) is -0.533. The molecule has 2 amide bonds. The van der Waals surface area contributed by atoms with Crippen LogP contribution in [0, 0.1) is 5.92 Å². The summed E-state index contributed by atoms with van der Waals surface area (Å²) in [5.41, 5.74) is 1.72. The van der Waals surface area contributed by atoms with E-state index in [1.165, 1.54) is 0 Å². The number of aliphatic hydroxyl groups excluding tert-OH is 1.